The third-order valence-electron chi connectivity index (χ3n) is 3.97. The van der Waals surface area contributed by atoms with E-state index in [0.29, 0.717) is 23.1 Å². The Kier molecular flexibility index (Phi) is 5.41. The predicted molar refractivity (Wildman–Crippen MR) is 105 cm³/mol. The van der Waals surface area contributed by atoms with E-state index in [4.69, 9.17) is 5.73 Å². The fourth-order valence-electron chi connectivity index (χ4n) is 2.62. The zero-order chi connectivity index (χ0) is 18.7. The Balaban J connectivity index is 1.98. The summed E-state index contributed by atoms with van der Waals surface area (Å²) in [4.78, 5) is 12.2. The number of halogens is 1. The number of nitrogens with one attached hydrogen (secondary N) is 1. The molecule has 0 fully saturated rings. The highest BCUT2D eigenvalue weighted by molar-refractivity contribution is 9.10. The molecule has 7 heteroatoms. The molecule has 3 aromatic carbocycles. The van der Waals surface area contributed by atoms with Gasteiger partial charge in [0.05, 0.1) is 9.79 Å². The molecule has 0 heterocycles. The number of nitrogens with two attached hydrogens (primary N) is 1. The summed E-state index contributed by atoms with van der Waals surface area (Å²) >= 11 is 3.43. The van der Waals surface area contributed by atoms with Crippen LogP contribution in [0, 0.1) is 0 Å². The Bertz CT molecular complexity index is 1060. The van der Waals surface area contributed by atoms with E-state index in [-0.39, 0.29) is 15.7 Å². The van der Waals surface area contributed by atoms with Gasteiger partial charge in [-0.15, -0.1) is 0 Å². The average molecular weight is 433 g/mol. The maximum absolute atomic E-state index is 13.0. The van der Waals surface area contributed by atoms with Gasteiger partial charge in [-0.1, -0.05) is 30.3 Å². The van der Waals surface area contributed by atoms with E-state index in [0.717, 1.165) is 10.8 Å². The summed E-state index contributed by atoms with van der Waals surface area (Å²) in [6.45, 7) is 0.705. The number of fused-ring (bicyclic) bond motifs is 1. The number of amides is 1. The summed E-state index contributed by atoms with van der Waals surface area (Å²) in [5.41, 5.74) is 5.74. The summed E-state index contributed by atoms with van der Waals surface area (Å²) in [5.74, 6) is -0.286. The quantitative estimate of drug-likeness (QED) is 0.647. The van der Waals surface area contributed by atoms with Gasteiger partial charge in [0.25, 0.3) is 5.91 Å². The minimum Gasteiger partial charge on any atom is -0.351 e. The first-order chi connectivity index (χ1) is 12.4. The van der Waals surface area contributed by atoms with Gasteiger partial charge in [0.2, 0.25) is 9.84 Å². The summed E-state index contributed by atoms with van der Waals surface area (Å²) in [6, 6.07) is 16.8. The molecule has 0 spiro atoms. The molecule has 0 saturated carbocycles. The van der Waals surface area contributed by atoms with Crippen molar-refractivity contribution in [3.63, 3.8) is 0 Å². The van der Waals surface area contributed by atoms with Crippen LogP contribution in [0.25, 0.3) is 10.8 Å². The molecule has 0 aromatic heterocycles. The van der Waals surface area contributed by atoms with Crippen molar-refractivity contribution in [2.24, 2.45) is 5.73 Å². The van der Waals surface area contributed by atoms with E-state index in [1.165, 1.54) is 24.3 Å². The van der Waals surface area contributed by atoms with Crippen LogP contribution in [0.3, 0.4) is 0 Å². The number of benzene rings is 3. The molecule has 0 radical (unpaired) electrons. The second kappa shape index (κ2) is 7.57. The lowest BCUT2D eigenvalue weighted by molar-refractivity contribution is 0.0954. The summed E-state index contributed by atoms with van der Waals surface area (Å²) in [7, 11) is -3.72. The predicted octanol–water partition coefficient (Wildman–Crippen LogP) is 3.12. The molecule has 0 aliphatic carbocycles. The van der Waals surface area contributed by atoms with Crippen LogP contribution in [0.1, 0.15) is 10.4 Å². The topological polar surface area (TPSA) is 89.3 Å². The normalized spacial score (nSPS) is 11.5. The minimum atomic E-state index is -3.72. The van der Waals surface area contributed by atoms with Crippen molar-refractivity contribution >= 4 is 42.4 Å². The third-order valence-corrected chi connectivity index (χ3v) is 6.90. The van der Waals surface area contributed by atoms with Crippen molar-refractivity contribution in [2.75, 3.05) is 13.1 Å². The van der Waals surface area contributed by atoms with Crippen molar-refractivity contribution in [3.8, 4) is 0 Å². The zero-order valence-electron chi connectivity index (χ0n) is 13.8. The van der Waals surface area contributed by atoms with Crippen LogP contribution < -0.4 is 11.1 Å². The highest BCUT2D eigenvalue weighted by Gasteiger charge is 2.22. The van der Waals surface area contributed by atoms with Gasteiger partial charge in [-0.2, -0.15) is 0 Å². The molecule has 1 amide bonds. The third kappa shape index (κ3) is 3.51. The molecule has 0 saturated heterocycles. The van der Waals surface area contributed by atoms with Crippen molar-refractivity contribution < 1.29 is 13.2 Å². The standard InChI is InChI=1S/C19H17BrN2O3S/c20-18-16-4-2-1-3-13(16)7-10-17(18)26(24,25)15-8-5-14(6-9-15)19(23)22-12-11-21/h1-10H,11-12,21H2,(H,22,23). The first kappa shape index (κ1) is 18.6. The molecular weight excluding hydrogens is 416 g/mol. The average Bonchev–Trinajstić information content (AvgIpc) is 2.66. The van der Waals surface area contributed by atoms with E-state index in [9.17, 15) is 13.2 Å². The molecule has 5 nitrogen and oxygen atoms in total. The maximum Gasteiger partial charge on any atom is 0.251 e. The Morgan fingerprint density at radius 2 is 1.69 bits per heavy atom. The molecule has 0 bridgehead atoms. The molecule has 3 rings (SSSR count). The lowest BCUT2D eigenvalue weighted by Crippen LogP contribution is -2.28. The number of carbonyl (C=O) groups is 1. The number of hydrogen-bond donors (Lipinski definition) is 2. The van der Waals surface area contributed by atoms with Crippen LogP contribution in [-0.4, -0.2) is 27.4 Å². The summed E-state index contributed by atoms with van der Waals surface area (Å²) in [5, 5.41) is 4.42. The second-order valence-corrected chi connectivity index (χ2v) is 8.38. The fourth-order valence-corrected chi connectivity index (χ4v) is 5.10. The maximum atomic E-state index is 13.0. The Morgan fingerprint density at radius 1 is 1.00 bits per heavy atom. The van der Waals surface area contributed by atoms with Gasteiger partial charge < -0.3 is 11.1 Å². The lowest BCUT2D eigenvalue weighted by Gasteiger charge is -2.10. The molecule has 0 aliphatic rings. The minimum absolute atomic E-state index is 0.129. The van der Waals surface area contributed by atoms with Gasteiger partial charge in [-0.05, 0) is 57.0 Å². The van der Waals surface area contributed by atoms with Crippen LogP contribution in [0.15, 0.2) is 74.9 Å². The number of sulfone groups is 1. The van der Waals surface area contributed by atoms with Crippen molar-refractivity contribution in [3.05, 3.63) is 70.7 Å². The van der Waals surface area contributed by atoms with E-state index in [1.807, 2.05) is 24.3 Å². The van der Waals surface area contributed by atoms with Crippen LogP contribution in [0.5, 0.6) is 0 Å². The number of rotatable bonds is 5. The molecule has 0 aliphatic heterocycles. The van der Waals surface area contributed by atoms with Gasteiger partial charge in [-0.3, -0.25) is 4.79 Å². The van der Waals surface area contributed by atoms with E-state index < -0.39 is 9.84 Å². The smallest absolute Gasteiger partial charge is 0.251 e. The summed E-state index contributed by atoms with van der Waals surface area (Å²) < 4.78 is 26.5. The van der Waals surface area contributed by atoms with Gasteiger partial charge in [0, 0.05) is 23.1 Å². The molecular formula is C19H17BrN2O3S. The fraction of sp³-hybridized carbons (Fsp3) is 0.105. The van der Waals surface area contributed by atoms with Gasteiger partial charge >= 0.3 is 0 Å². The number of hydrogen-bond acceptors (Lipinski definition) is 4. The Hall–Kier alpha value is -2.22. The SMILES string of the molecule is NCCNC(=O)c1ccc(S(=O)(=O)c2ccc3ccccc3c2Br)cc1. The Morgan fingerprint density at radius 3 is 2.38 bits per heavy atom. The molecule has 3 N–H and O–H groups in total. The molecule has 0 unspecified atom stereocenters. The van der Waals surface area contributed by atoms with Crippen molar-refractivity contribution in [1.29, 1.82) is 0 Å². The first-order valence-corrected chi connectivity index (χ1v) is 10.2. The van der Waals surface area contributed by atoms with Crippen molar-refractivity contribution in [1.82, 2.24) is 5.32 Å². The summed E-state index contributed by atoms with van der Waals surface area (Å²) in [6.07, 6.45) is 0. The van der Waals surface area contributed by atoms with Gasteiger partial charge in [0.1, 0.15) is 0 Å². The Labute approximate surface area is 160 Å². The molecule has 26 heavy (non-hydrogen) atoms. The lowest BCUT2D eigenvalue weighted by atomic mass is 10.1. The van der Waals surface area contributed by atoms with Crippen LogP contribution >= 0.6 is 15.9 Å². The van der Waals surface area contributed by atoms with Gasteiger partial charge in [-0.25, -0.2) is 8.42 Å². The van der Waals surface area contributed by atoms with Crippen molar-refractivity contribution in [2.45, 2.75) is 9.79 Å². The van der Waals surface area contributed by atoms with Crippen LogP contribution in [-0.2, 0) is 9.84 Å². The van der Waals surface area contributed by atoms with Crippen LogP contribution in [0.2, 0.25) is 0 Å². The zero-order valence-corrected chi connectivity index (χ0v) is 16.2. The van der Waals surface area contributed by atoms with Gasteiger partial charge in [0.15, 0.2) is 0 Å². The highest BCUT2D eigenvalue weighted by atomic mass is 79.9. The first-order valence-electron chi connectivity index (χ1n) is 7.96. The number of carbonyl (C=O) groups excluding carboxylic acids is 1. The molecule has 0 atom stereocenters. The largest absolute Gasteiger partial charge is 0.351 e. The van der Waals surface area contributed by atoms with Crippen LogP contribution in [0.4, 0.5) is 0 Å². The highest BCUT2D eigenvalue weighted by Crippen LogP contribution is 2.33. The molecule has 3 aromatic rings. The monoisotopic (exact) mass is 432 g/mol. The van der Waals surface area contributed by atoms with E-state index >= 15 is 0 Å². The second-order valence-electron chi connectivity index (χ2n) is 5.67. The molecule has 134 valence electrons. The van der Waals surface area contributed by atoms with E-state index in [2.05, 4.69) is 21.2 Å². The van der Waals surface area contributed by atoms with E-state index in [1.54, 1.807) is 12.1 Å².